The third-order valence-corrected chi connectivity index (χ3v) is 6.92. The molecule has 5 aromatic rings. The van der Waals surface area contributed by atoms with Gasteiger partial charge in [-0.2, -0.15) is 0 Å². The van der Waals surface area contributed by atoms with Gasteiger partial charge in [0.05, 0.1) is 23.7 Å². The number of fused-ring (bicyclic) bond motifs is 1. The van der Waals surface area contributed by atoms with Crippen LogP contribution in [0.4, 0.5) is 11.5 Å². The lowest BCUT2D eigenvalue weighted by Crippen LogP contribution is -2.46. The van der Waals surface area contributed by atoms with Crippen LogP contribution in [0.15, 0.2) is 97.6 Å². The van der Waals surface area contributed by atoms with Gasteiger partial charge in [-0.1, -0.05) is 30.3 Å². The predicted octanol–water partition coefficient (Wildman–Crippen LogP) is 4.59. The second-order valence-corrected chi connectivity index (χ2v) is 9.68. The Kier molecular flexibility index (Phi) is 7.18. The van der Waals surface area contributed by atoms with Gasteiger partial charge in [0.15, 0.2) is 0 Å². The summed E-state index contributed by atoms with van der Waals surface area (Å²) in [5, 5.41) is 2.95. The normalized spacial score (nSPS) is 13.9. The van der Waals surface area contributed by atoms with E-state index in [1.54, 1.807) is 6.20 Å². The number of carbonyl (C=O) groups excluding carboxylic acids is 1. The summed E-state index contributed by atoms with van der Waals surface area (Å²) >= 11 is 0. The van der Waals surface area contributed by atoms with Crippen LogP contribution in [0.25, 0.3) is 22.2 Å². The first-order valence-corrected chi connectivity index (χ1v) is 13.1. The molecule has 0 atom stereocenters. The summed E-state index contributed by atoms with van der Waals surface area (Å²) in [6.07, 6.45) is 7.56. The number of anilines is 2. The molecule has 1 fully saturated rings. The highest BCUT2D eigenvalue weighted by atomic mass is 16.1. The number of nitrogens with one attached hydrogen (secondary N) is 1. The number of rotatable bonds is 7. The Hall–Kier alpha value is -4.69. The Bertz CT molecular complexity index is 1550. The van der Waals surface area contributed by atoms with Gasteiger partial charge in [0, 0.05) is 62.7 Å². The lowest BCUT2D eigenvalue weighted by molar-refractivity contribution is -0.115. The summed E-state index contributed by atoms with van der Waals surface area (Å²) in [6, 6.07) is 23.7. The average Bonchev–Trinajstić information content (AvgIpc) is 2.98. The van der Waals surface area contributed by atoms with Gasteiger partial charge in [-0.3, -0.25) is 24.6 Å². The SMILES string of the molecule is O=C(Cc1ccccn1)Nc1ccc(-c2ccc3ncc(N4CCN(Cc5cccnc5)CC4)nc3c2)cc1. The van der Waals surface area contributed by atoms with Gasteiger partial charge < -0.3 is 10.2 Å². The molecule has 1 N–H and O–H groups in total. The zero-order valence-corrected chi connectivity index (χ0v) is 21.6. The second kappa shape index (κ2) is 11.4. The maximum absolute atomic E-state index is 12.4. The van der Waals surface area contributed by atoms with Crippen molar-refractivity contribution < 1.29 is 4.79 Å². The Morgan fingerprint density at radius 3 is 2.41 bits per heavy atom. The number of amides is 1. The van der Waals surface area contributed by atoms with Crippen molar-refractivity contribution in [3.05, 3.63) is 109 Å². The molecular weight excluding hydrogens is 486 g/mol. The highest BCUT2D eigenvalue weighted by Crippen LogP contribution is 2.26. The van der Waals surface area contributed by atoms with Gasteiger partial charge in [0.1, 0.15) is 5.82 Å². The van der Waals surface area contributed by atoms with E-state index in [1.807, 2.05) is 73.2 Å². The van der Waals surface area contributed by atoms with E-state index in [9.17, 15) is 4.79 Å². The van der Waals surface area contributed by atoms with Crippen LogP contribution in [-0.2, 0) is 17.8 Å². The molecule has 2 aromatic carbocycles. The molecule has 0 aliphatic carbocycles. The first kappa shape index (κ1) is 24.6. The van der Waals surface area contributed by atoms with E-state index >= 15 is 0 Å². The summed E-state index contributed by atoms with van der Waals surface area (Å²) in [6.45, 7) is 4.68. The summed E-state index contributed by atoms with van der Waals surface area (Å²) in [5.74, 6) is 0.819. The summed E-state index contributed by atoms with van der Waals surface area (Å²) in [4.78, 5) is 35.2. The lowest BCUT2D eigenvalue weighted by atomic mass is 10.0. The Morgan fingerprint density at radius 2 is 1.64 bits per heavy atom. The van der Waals surface area contributed by atoms with Crippen LogP contribution >= 0.6 is 0 Å². The van der Waals surface area contributed by atoms with Crippen molar-refractivity contribution in [3.63, 3.8) is 0 Å². The fourth-order valence-electron chi connectivity index (χ4n) is 4.84. The smallest absolute Gasteiger partial charge is 0.230 e. The minimum atomic E-state index is -0.0899. The van der Waals surface area contributed by atoms with E-state index in [0.29, 0.717) is 0 Å². The van der Waals surface area contributed by atoms with Crippen LogP contribution < -0.4 is 10.2 Å². The van der Waals surface area contributed by atoms with Crippen LogP contribution in [0.5, 0.6) is 0 Å². The van der Waals surface area contributed by atoms with Crippen molar-refractivity contribution in [2.45, 2.75) is 13.0 Å². The van der Waals surface area contributed by atoms with Crippen molar-refractivity contribution in [1.29, 1.82) is 0 Å². The van der Waals surface area contributed by atoms with Gasteiger partial charge in [0.25, 0.3) is 0 Å². The first-order valence-electron chi connectivity index (χ1n) is 13.1. The number of hydrogen-bond donors (Lipinski definition) is 1. The molecule has 3 aromatic heterocycles. The number of pyridine rings is 2. The van der Waals surface area contributed by atoms with Gasteiger partial charge in [-0.25, -0.2) is 4.98 Å². The van der Waals surface area contributed by atoms with Crippen LogP contribution in [0.2, 0.25) is 0 Å². The van der Waals surface area contributed by atoms with Crippen LogP contribution in [0.1, 0.15) is 11.3 Å². The molecule has 0 bridgehead atoms. The number of aromatic nitrogens is 4. The number of piperazine rings is 1. The second-order valence-electron chi connectivity index (χ2n) is 9.68. The largest absolute Gasteiger partial charge is 0.353 e. The molecule has 0 spiro atoms. The van der Waals surface area contributed by atoms with Crippen molar-refractivity contribution in [2.75, 3.05) is 36.4 Å². The quantitative estimate of drug-likeness (QED) is 0.339. The minimum Gasteiger partial charge on any atom is -0.353 e. The maximum atomic E-state index is 12.4. The molecule has 1 aliphatic heterocycles. The van der Waals surface area contributed by atoms with Crippen LogP contribution in [0.3, 0.4) is 0 Å². The van der Waals surface area contributed by atoms with Gasteiger partial charge in [-0.05, 0) is 59.2 Å². The summed E-state index contributed by atoms with van der Waals surface area (Å²) < 4.78 is 0. The highest BCUT2D eigenvalue weighted by Gasteiger charge is 2.19. The minimum absolute atomic E-state index is 0.0899. The Balaban J connectivity index is 1.11. The molecule has 1 amide bonds. The van der Waals surface area contributed by atoms with Crippen LogP contribution in [0, 0.1) is 0 Å². The molecule has 6 rings (SSSR count). The number of benzene rings is 2. The van der Waals surface area contributed by atoms with Gasteiger partial charge >= 0.3 is 0 Å². The van der Waals surface area contributed by atoms with Crippen molar-refractivity contribution >= 4 is 28.4 Å². The van der Waals surface area contributed by atoms with E-state index in [4.69, 9.17) is 4.98 Å². The first-order chi connectivity index (χ1) is 19.2. The van der Waals surface area contributed by atoms with Gasteiger partial charge in [-0.15, -0.1) is 0 Å². The lowest BCUT2D eigenvalue weighted by Gasteiger charge is -2.35. The number of nitrogens with zero attached hydrogens (tertiary/aromatic N) is 6. The Morgan fingerprint density at radius 1 is 0.795 bits per heavy atom. The molecule has 1 saturated heterocycles. The topological polar surface area (TPSA) is 87.1 Å². The summed E-state index contributed by atoms with van der Waals surface area (Å²) in [5.41, 5.74) is 6.59. The fourth-order valence-corrected chi connectivity index (χ4v) is 4.84. The highest BCUT2D eigenvalue weighted by molar-refractivity contribution is 5.92. The van der Waals surface area contributed by atoms with Crippen molar-refractivity contribution in [1.82, 2.24) is 24.8 Å². The molecule has 4 heterocycles. The molecule has 8 nitrogen and oxygen atoms in total. The molecule has 0 radical (unpaired) electrons. The van der Waals surface area contributed by atoms with Gasteiger partial charge in [0.2, 0.25) is 5.91 Å². The number of carbonyl (C=O) groups is 1. The Labute approximate surface area is 227 Å². The van der Waals surface area contributed by atoms with Crippen molar-refractivity contribution in [2.24, 2.45) is 0 Å². The maximum Gasteiger partial charge on any atom is 0.230 e. The van der Waals surface area contributed by atoms with E-state index in [1.165, 1.54) is 5.56 Å². The van der Waals surface area contributed by atoms with E-state index in [2.05, 4.69) is 48.3 Å². The average molecular weight is 516 g/mol. The molecule has 8 heteroatoms. The fraction of sp³-hybridized carbons (Fsp3) is 0.194. The zero-order valence-electron chi connectivity index (χ0n) is 21.6. The standard InChI is InChI=1S/C31H29N7O/c39-31(19-27-5-1-2-13-33-27)35-26-9-6-24(7-10-26)25-8-11-28-29(18-25)36-30(21-34-28)38-16-14-37(15-17-38)22-23-4-3-12-32-20-23/h1-13,18,20-21H,14-17,19,22H2,(H,35,39). The predicted molar refractivity (Wildman–Crippen MR) is 153 cm³/mol. The molecule has 1 aliphatic rings. The monoisotopic (exact) mass is 515 g/mol. The third kappa shape index (κ3) is 6.08. The van der Waals surface area contributed by atoms with Crippen LogP contribution in [-0.4, -0.2) is 56.9 Å². The summed E-state index contributed by atoms with van der Waals surface area (Å²) in [7, 11) is 0. The molecule has 39 heavy (non-hydrogen) atoms. The molecule has 0 unspecified atom stereocenters. The zero-order chi connectivity index (χ0) is 26.4. The van der Waals surface area contributed by atoms with E-state index < -0.39 is 0 Å². The van der Waals surface area contributed by atoms with E-state index in [0.717, 1.165) is 72.1 Å². The molecule has 0 saturated carbocycles. The number of hydrogen-bond acceptors (Lipinski definition) is 7. The third-order valence-electron chi connectivity index (χ3n) is 6.92. The van der Waals surface area contributed by atoms with E-state index in [-0.39, 0.29) is 12.3 Å². The van der Waals surface area contributed by atoms with Crippen molar-refractivity contribution in [3.8, 4) is 11.1 Å². The molecule has 194 valence electrons. The molecular formula is C31H29N7O.